The Kier molecular flexibility index (Phi) is 7.50. The fraction of sp³-hybridized carbons (Fsp3) is 0.300. The fourth-order valence-corrected chi connectivity index (χ4v) is 2.63. The number of esters is 2. The summed E-state index contributed by atoms with van der Waals surface area (Å²) in [6.45, 7) is 3.08. The van der Waals surface area contributed by atoms with Gasteiger partial charge in [-0.05, 0) is 38.1 Å². The Morgan fingerprint density at radius 2 is 1.18 bits per heavy atom. The lowest BCUT2D eigenvalue weighted by atomic mass is 9.81. The van der Waals surface area contributed by atoms with Crippen molar-refractivity contribution < 1.29 is 28.7 Å². The summed E-state index contributed by atoms with van der Waals surface area (Å²) in [6.07, 6.45) is 5.43. The molecular weight excluding hydrogens is 364 g/mol. The van der Waals surface area contributed by atoms with E-state index in [0.29, 0.717) is 0 Å². The molecule has 0 N–H and O–H groups in total. The highest BCUT2D eigenvalue weighted by Gasteiger charge is 2.46. The standard InChI is InChI=1S/C20H20N2O6/c1-3-27-19(25)15(17(23)13-7-5-9-21-11-13)16(20(26)28-4-2)18(24)14-8-6-10-22-12-14/h5-12,15-16H,3-4H2,1-2H3. The molecule has 2 rings (SSSR count). The van der Waals surface area contributed by atoms with E-state index >= 15 is 0 Å². The van der Waals surface area contributed by atoms with Gasteiger partial charge < -0.3 is 9.47 Å². The third-order valence-corrected chi connectivity index (χ3v) is 3.87. The van der Waals surface area contributed by atoms with Crippen LogP contribution >= 0.6 is 0 Å². The topological polar surface area (TPSA) is 113 Å². The highest BCUT2D eigenvalue weighted by Crippen LogP contribution is 2.25. The SMILES string of the molecule is CCOC(=O)C(C(=O)c1cccnc1)C(C(=O)OCC)C(=O)c1cccnc1. The molecule has 146 valence electrons. The summed E-state index contributed by atoms with van der Waals surface area (Å²) < 4.78 is 9.97. The number of pyridine rings is 2. The number of nitrogens with zero attached hydrogens (tertiary/aromatic N) is 2. The van der Waals surface area contributed by atoms with Crippen LogP contribution < -0.4 is 0 Å². The van der Waals surface area contributed by atoms with Crippen molar-refractivity contribution in [3.05, 3.63) is 60.2 Å². The van der Waals surface area contributed by atoms with Crippen LogP contribution in [0.15, 0.2) is 49.1 Å². The number of hydrogen-bond acceptors (Lipinski definition) is 8. The maximum atomic E-state index is 13.0. The molecule has 0 saturated heterocycles. The second-order valence-electron chi connectivity index (χ2n) is 5.67. The third-order valence-electron chi connectivity index (χ3n) is 3.87. The lowest BCUT2D eigenvalue weighted by molar-refractivity contribution is -0.156. The molecule has 0 aliphatic carbocycles. The van der Waals surface area contributed by atoms with Crippen molar-refractivity contribution >= 4 is 23.5 Å². The first-order valence-corrected chi connectivity index (χ1v) is 8.73. The zero-order valence-corrected chi connectivity index (χ0v) is 15.5. The number of ketones is 2. The van der Waals surface area contributed by atoms with Crippen molar-refractivity contribution in [1.29, 1.82) is 0 Å². The predicted octanol–water partition coefficient (Wildman–Crippen LogP) is 1.90. The summed E-state index contributed by atoms with van der Waals surface area (Å²) in [6, 6.07) is 5.91. The van der Waals surface area contributed by atoms with E-state index in [4.69, 9.17) is 9.47 Å². The molecule has 0 aliphatic rings. The molecule has 0 aliphatic heterocycles. The van der Waals surface area contributed by atoms with Gasteiger partial charge in [-0.25, -0.2) is 0 Å². The normalized spacial score (nSPS) is 12.5. The summed E-state index contributed by atoms with van der Waals surface area (Å²) in [5, 5.41) is 0. The Hall–Kier alpha value is -3.42. The molecule has 2 unspecified atom stereocenters. The second-order valence-corrected chi connectivity index (χ2v) is 5.67. The summed E-state index contributed by atoms with van der Waals surface area (Å²) >= 11 is 0. The first kappa shape index (κ1) is 20.9. The summed E-state index contributed by atoms with van der Waals surface area (Å²) in [4.78, 5) is 59.0. The molecule has 0 saturated carbocycles. The van der Waals surface area contributed by atoms with Crippen LogP contribution in [0.4, 0.5) is 0 Å². The Morgan fingerprint density at radius 1 is 0.786 bits per heavy atom. The van der Waals surface area contributed by atoms with Crippen LogP contribution in [0.25, 0.3) is 0 Å². The molecule has 0 amide bonds. The summed E-state index contributed by atoms with van der Waals surface area (Å²) in [5.41, 5.74) is 0.155. The van der Waals surface area contributed by atoms with Crippen molar-refractivity contribution in [2.24, 2.45) is 11.8 Å². The first-order valence-electron chi connectivity index (χ1n) is 8.73. The number of carbonyl (C=O) groups is 4. The van der Waals surface area contributed by atoms with E-state index in [9.17, 15) is 19.2 Å². The minimum atomic E-state index is -1.70. The van der Waals surface area contributed by atoms with Gasteiger partial charge in [-0.1, -0.05) is 0 Å². The molecule has 0 fully saturated rings. The Bertz CT molecular complexity index is 767. The maximum absolute atomic E-state index is 13.0. The van der Waals surface area contributed by atoms with Crippen molar-refractivity contribution in [3.8, 4) is 0 Å². The highest BCUT2D eigenvalue weighted by atomic mass is 16.5. The van der Waals surface area contributed by atoms with E-state index in [1.165, 1.54) is 49.1 Å². The molecule has 0 aromatic carbocycles. The Balaban J connectivity index is 2.54. The zero-order valence-electron chi connectivity index (χ0n) is 15.5. The van der Waals surface area contributed by atoms with Crippen molar-refractivity contribution in [1.82, 2.24) is 9.97 Å². The molecule has 8 nitrogen and oxygen atoms in total. The lowest BCUT2D eigenvalue weighted by Gasteiger charge is -2.22. The number of hydrogen-bond donors (Lipinski definition) is 0. The Morgan fingerprint density at radius 3 is 1.46 bits per heavy atom. The first-order chi connectivity index (χ1) is 13.5. The van der Waals surface area contributed by atoms with Gasteiger partial charge in [0.2, 0.25) is 0 Å². The molecular formula is C20H20N2O6. The van der Waals surface area contributed by atoms with Crippen LogP contribution in [0.2, 0.25) is 0 Å². The summed E-state index contributed by atoms with van der Waals surface area (Å²) in [7, 11) is 0. The number of rotatable bonds is 9. The average Bonchev–Trinajstić information content (AvgIpc) is 2.72. The largest absolute Gasteiger partial charge is 0.465 e. The van der Waals surface area contributed by atoms with Crippen molar-refractivity contribution in [3.63, 3.8) is 0 Å². The van der Waals surface area contributed by atoms with Gasteiger partial charge in [0.25, 0.3) is 0 Å². The minimum absolute atomic E-state index is 0.0215. The van der Waals surface area contributed by atoms with Crippen molar-refractivity contribution in [2.75, 3.05) is 13.2 Å². The van der Waals surface area contributed by atoms with Crippen LogP contribution in [0.5, 0.6) is 0 Å². The predicted molar refractivity (Wildman–Crippen MR) is 97.4 cm³/mol. The van der Waals surface area contributed by atoms with Gasteiger partial charge in [0.15, 0.2) is 11.6 Å². The molecule has 0 bridgehead atoms. The number of Topliss-reactive ketones (excluding diaryl/α,β-unsaturated/α-hetero) is 2. The number of ether oxygens (including phenoxy) is 2. The summed E-state index contributed by atoms with van der Waals surface area (Å²) in [5.74, 6) is -6.85. The van der Waals surface area contributed by atoms with E-state index in [0.717, 1.165) is 0 Å². The quantitative estimate of drug-likeness (QED) is 0.366. The van der Waals surface area contributed by atoms with Crippen LogP contribution in [-0.2, 0) is 19.1 Å². The van der Waals surface area contributed by atoms with Gasteiger partial charge in [-0.3, -0.25) is 29.1 Å². The lowest BCUT2D eigenvalue weighted by Crippen LogP contribution is -2.42. The van der Waals surface area contributed by atoms with E-state index < -0.39 is 35.3 Å². The van der Waals surface area contributed by atoms with Crippen molar-refractivity contribution in [2.45, 2.75) is 13.8 Å². The monoisotopic (exact) mass is 384 g/mol. The molecule has 8 heteroatoms. The fourth-order valence-electron chi connectivity index (χ4n) is 2.63. The van der Waals surface area contributed by atoms with Gasteiger partial charge in [0, 0.05) is 35.9 Å². The molecule has 2 atom stereocenters. The van der Waals surface area contributed by atoms with Gasteiger partial charge >= 0.3 is 11.9 Å². The molecule has 28 heavy (non-hydrogen) atoms. The van der Waals surface area contributed by atoms with Gasteiger partial charge in [-0.15, -0.1) is 0 Å². The maximum Gasteiger partial charge on any atom is 0.318 e. The van der Waals surface area contributed by atoms with E-state index in [1.54, 1.807) is 13.8 Å². The highest BCUT2D eigenvalue weighted by molar-refractivity contribution is 6.19. The van der Waals surface area contributed by atoms with E-state index in [2.05, 4.69) is 9.97 Å². The molecule has 2 aromatic heterocycles. The van der Waals surface area contributed by atoms with Gasteiger partial charge in [0.1, 0.15) is 11.8 Å². The third kappa shape index (κ3) is 4.85. The van der Waals surface area contributed by atoms with Crippen LogP contribution in [0.3, 0.4) is 0 Å². The molecule has 0 radical (unpaired) electrons. The molecule has 2 aromatic rings. The zero-order chi connectivity index (χ0) is 20.5. The molecule has 0 spiro atoms. The molecule has 2 heterocycles. The second kappa shape index (κ2) is 10.1. The van der Waals surface area contributed by atoms with E-state index in [1.807, 2.05) is 0 Å². The van der Waals surface area contributed by atoms with Gasteiger partial charge in [-0.2, -0.15) is 0 Å². The number of carbonyl (C=O) groups excluding carboxylic acids is 4. The number of aromatic nitrogens is 2. The Labute approximate surface area is 161 Å². The van der Waals surface area contributed by atoms with Crippen LogP contribution in [0, 0.1) is 11.8 Å². The van der Waals surface area contributed by atoms with Crippen LogP contribution in [0.1, 0.15) is 34.6 Å². The minimum Gasteiger partial charge on any atom is -0.465 e. The average molecular weight is 384 g/mol. The van der Waals surface area contributed by atoms with Gasteiger partial charge in [0.05, 0.1) is 13.2 Å². The van der Waals surface area contributed by atoms with Crippen LogP contribution in [-0.4, -0.2) is 46.7 Å². The smallest absolute Gasteiger partial charge is 0.318 e. The van der Waals surface area contributed by atoms with E-state index in [-0.39, 0.29) is 24.3 Å².